The van der Waals surface area contributed by atoms with Crippen LogP contribution in [-0.2, 0) is 24.8 Å². The zero-order valence-electron chi connectivity index (χ0n) is 15.2. The van der Waals surface area contributed by atoms with Crippen LogP contribution in [0.1, 0.15) is 30.2 Å². The van der Waals surface area contributed by atoms with Crippen molar-refractivity contribution in [3.63, 3.8) is 0 Å². The minimum atomic E-state index is -0.473. The number of nitro groups is 1. The van der Waals surface area contributed by atoms with Crippen molar-refractivity contribution in [1.82, 2.24) is 14.7 Å². The van der Waals surface area contributed by atoms with E-state index in [1.807, 2.05) is 38.1 Å². The van der Waals surface area contributed by atoms with E-state index in [0.717, 1.165) is 5.56 Å². The van der Waals surface area contributed by atoms with Gasteiger partial charge in [0, 0.05) is 20.1 Å². The van der Waals surface area contributed by atoms with Crippen LogP contribution in [0.15, 0.2) is 24.3 Å². The van der Waals surface area contributed by atoms with Gasteiger partial charge in [0.25, 0.3) is 0 Å². The highest BCUT2D eigenvalue weighted by atomic mass is 16.6. The molecule has 1 fully saturated rings. The zero-order valence-corrected chi connectivity index (χ0v) is 15.2. The van der Waals surface area contributed by atoms with E-state index in [0.29, 0.717) is 37.4 Å². The maximum absolute atomic E-state index is 12.7. The number of anilines is 1. The lowest BCUT2D eigenvalue weighted by Gasteiger charge is -2.17. The molecule has 1 aliphatic rings. The van der Waals surface area contributed by atoms with Crippen LogP contribution in [0.2, 0.25) is 0 Å². The molecule has 1 aromatic carbocycles. The number of hydrogen-bond acceptors (Lipinski definition) is 5. The van der Waals surface area contributed by atoms with Crippen LogP contribution >= 0.6 is 0 Å². The van der Waals surface area contributed by atoms with Gasteiger partial charge in [-0.15, -0.1) is 0 Å². The Bertz CT molecular complexity index is 828. The highest BCUT2D eigenvalue weighted by Gasteiger charge is 2.35. The van der Waals surface area contributed by atoms with Crippen molar-refractivity contribution < 1.29 is 9.72 Å². The fourth-order valence-electron chi connectivity index (χ4n) is 3.27. The van der Waals surface area contributed by atoms with Gasteiger partial charge in [0.2, 0.25) is 11.7 Å². The van der Waals surface area contributed by atoms with E-state index in [9.17, 15) is 14.9 Å². The Balaban J connectivity index is 1.74. The minimum Gasteiger partial charge on any atom is -0.353 e. The minimum absolute atomic E-state index is 0.0419. The van der Waals surface area contributed by atoms with Crippen LogP contribution in [0.4, 0.5) is 11.5 Å². The number of aryl methyl sites for hydroxylation is 3. The Labute approximate surface area is 151 Å². The van der Waals surface area contributed by atoms with Crippen molar-refractivity contribution in [1.29, 1.82) is 0 Å². The van der Waals surface area contributed by atoms with E-state index in [1.54, 1.807) is 11.9 Å². The number of carbonyl (C=O) groups excluding carboxylic acids is 1. The van der Waals surface area contributed by atoms with Crippen LogP contribution in [-0.4, -0.2) is 38.1 Å². The second-order valence-corrected chi connectivity index (χ2v) is 6.61. The number of carbonyl (C=O) groups is 1. The summed E-state index contributed by atoms with van der Waals surface area (Å²) in [6, 6.07) is 7.61. The Morgan fingerprint density at radius 3 is 2.65 bits per heavy atom. The first-order valence-corrected chi connectivity index (χ1v) is 8.71. The quantitative estimate of drug-likeness (QED) is 0.633. The Kier molecular flexibility index (Phi) is 4.92. The summed E-state index contributed by atoms with van der Waals surface area (Å²) in [7, 11) is 1.65. The Morgan fingerprint density at radius 1 is 1.35 bits per heavy atom. The molecular weight excluding hydrogens is 334 g/mol. The summed E-state index contributed by atoms with van der Waals surface area (Å²) in [5, 5.41) is 18.7. The van der Waals surface area contributed by atoms with Crippen molar-refractivity contribution in [3.05, 3.63) is 51.2 Å². The van der Waals surface area contributed by atoms with Gasteiger partial charge in [0.15, 0.2) is 0 Å². The largest absolute Gasteiger partial charge is 0.353 e. The van der Waals surface area contributed by atoms with E-state index in [4.69, 9.17) is 0 Å². The number of likely N-dealkylation sites (tertiary alicyclic amines) is 1. The summed E-state index contributed by atoms with van der Waals surface area (Å²) in [6.45, 7) is 5.01. The first kappa shape index (κ1) is 17.9. The second kappa shape index (κ2) is 7.15. The van der Waals surface area contributed by atoms with E-state index >= 15 is 0 Å². The number of aromatic nitrogens is 2. The number of nitrogens with zero attached hydrogens (tertiary/aromatic N) is 4. The molecule has 0 radical (unpaired) electrons. The van der Waals surface area contributed by atoms with Crippen molar-refractivity contribution in [2.45, 2.75) is 39.3 Å². The lowest BCUT2D eigenvalue weighted by atomic mass is 10.1. The maximum Gasteiger partial charge on any atom is 0.334 e. The van der Waals surface area contributed by atoms with Gasteiger partial charge in [-0.2, -0.15) is 5.10 Å². The summed E-state index contributed by atoms with van der Waals surface area (Å²) in [6.07, 6.45) is 1.07. The van der Waals surface area contributed by atoms with Crippen molar-refractivity contribution >= 4 is 17.4 Å². The molecule has 1 aromatic heterocycles. The van der Waals surface area contributed by atoms with Crippen LogP contribution in [0.25, 0.3) is 0 Å². The fraction of sp³-hybridized carbons (Fsp3) is 0.444. The third kappa shape index (κ3) is 3.40. The molecule has 8 nitrogen and oxygen atoms in total. The average Bonchev–Trinajstić information content (AvgIpc) is 3.11. The standard InChI is InChI=1S/C18H23N5O3/c1-4-14-16(23(25)26)17(21(3)20-14)19-15-9-10-22(18(15)24)11-13-7-5-12(2)6-8-13/h5-8,15,19H,4,9-11H2,1-3H3. The predicted molar refractivity (Wildman–Crippen MR) is 97.9 cm³/mol. The second-order valence-electron chi connectivity index (χ2n) is 6.61. The van der Waals surface area contributed by atoms with Crippen molar-refractivity contribution in [2.75, 3.05) is 11.9 Å². The van der Waals surface area contributed by atoms with Gasteiger partial charge in [-0.25, -0.2) is 4.68 Å². The highest BCUT2D eigenvalue weighted by Crippen LogP contribution is 2.30. The average molecular weight is 357 g/mol. The predicted octanol–water partition coefficient (Wildman–Crippen LogP) is 2.41. The monoisotopic (exact) mass is 357 g/mol. The molecule has 0 spiro atoms. The van der Waals surface area contributed by atoms with Gasteiger partial charge < -0.3 is 10.2 Å². The number of rotatable bonds is 6. The van der Waals surface area contributed by atoms with Gasteiger partial charge in [-0.05, 0) is 25.3 Å². The lowest BCUT2D eigenvalue weighted by Crippen LogP contribution is -2.33. The molecular formula is C18H23N5O3. The van der Waals surface area contributed by atoms with E-state index < -0.39 is 11.0 Å². The fourth-order valence-corrected chi connectivity index (χ4v) is 3.27. The third-order valence-electron chi connectivity index (χ3n) is 4.71. The summed E-state index contributed by atoms with van der Waals surface area (Å²) >= 11 is 0. The van der Waals surface area contributed by atoms with Gasteiger partial charge in [0.1, 0.15) is 11.7 Å². The van der Waals surface area contributed by atoms with Gasteiger partial charge in [-0.3, -0.25) is 14.9 Å². The van der Waals surface area contributed by atoms with Crippen LogP contribution in [0.3, 0.4) is 0 Å². The maximum atomic E-state index is 12.7. The normalized spacial score (nSPS) is 17.0. The van der Waals surface area contributed by atoms with Crippen molar-refractivity contribution in [3.8, 4) is 0 Å². The summed E-state index contributed by atoms with van der Waals surface area (Å²) < 4.78 is 1.45. The highest BCUT2D eigenvalue weighted by molar-refractivity contribution is 5.87. The summed E-state index contributed by atoms with van der Waals surface area (Å²) in [5.74, 6) is 0.251. The smallest absolute Gasteiger partial charge is 0.334 e. The van der Waals surface area contributed by atoms with Gasteiger partial charge >= 0.3 is 5.69 Å². The number of hydrogen-bond donors (Lipinski definition) is 1. The molecule has 26 heavy (non-hydrogen) atoms. The molecule has 1 saturated heterocycles. The molecule has 8 heteroatoms. The molecule has 1 N–H and O–H groups in total. The summed E-state index contributed by atoms with van der Waals surface area (Å²) in [5.41, 5.74) is 2.63. The van der Waals surface area contributed by atoms with Gasteiger partial charge in [-0.1, -0.05) is 36.8 Å². The SMILES string of the molecule is CCc1nn(C)c(NC2CCN(Cc3ccc(C)cc3)C2=O)c1[N+](=O)[O-]. The van der Waals surface area contributed by atoms with E-state index in [2.05, 4.69) is 10.4 Å². The van der Waals surface area contributed by atoms with E-state index in [1.165, 1.54) is 10.2 Å². The molecule has 1 amide bonds. The molecule has 2 aromatic rings. The van der Waals surface area contributed by atoms with E-state index in [-0.39, 0.29) is 11.6 Å². The number of benzene rings is 1. The van der Waals surface area contributed by atoms with Crippen LogP contribution in [0, 0.1) is 17.0 Å². The Morgan fingerprint density at radius 2 is 2.04 bits per heavy atom. The molecule has 1 atom stereocenters. The molecule has 0 saturated carbocycles. The van der Waals surface area contributed by atoms with Crippen LogP contribution < -0.4 is 5.32 Å². The number of nitrogens with one attached hydrogen (secondary N) is 1. The topological polar surface area (TPSA) is 93.3 Å². The Hall–Kier alpha value is -2.90. The molecule has 1 aliphatic heterocycles. The first-order chi connectivity index (χ1) is 12.4. The van der Waals surface area contributed by atoms with Gasteiger partial charge in [0.05, 0.1) is 4.92 Å². The molecule has 2 heterocycles. The first-order valence-electron chi connectivity index (χ1n) is 8.71. The van der Waals surface area contributed by atoms with Crippen LogP contribution in [0.5, 0.6) is 0 Å². The van der Waals surface area contributed by atoms with Crippen molar-refractivity contribution in [2.24, 2.45) is 7.05 Å². The molecule has 0 aliphatic carbocycles. The lowest BCUT2D eigenvalue weighted by molar-refractivity contribution is -0.384. The molecule has 1 unspecified atom stereocenters. The molecule has 0 bridgehead atoms. The number of amides is 1. The zero-order chi connectivity index (χ0) is 18.8. The molecule has 138 valence electrons. The summed E-state index contributed by atoms with van der Waals surface area (Å²) in [4.78, 5) is 25.5. The molecule has 3 rings (SSSR count). The third-order valence-corrected chi connectivity index (χ3v) is 4.71.